The summed E-state index contributed by atoms with van der Waals surface area (Å²) < 4.78 is 4.86. The predicted octanol–water partition coefficient (Wildman–Crippen LogP) is 1.18. The zero-order valence-corrected chi connectivity index (χ0v) is 14.3. The van der Waals surface area contributed by atoms with Gasteiger partial charge >= 0.3 is 0 Å². The first kappa shape index (κ1) is 22.2. The van der Waals surface area contributed by atoms with E-state index in [2.05, 4.69) is 24.1 Å². The Bertz CT molecular complexity index is 260. The summed E-state index contributed by atoms with van der Waals surface area (Å²) >= 11 is 0. The zero-order valence-electron chi connectivity index (χ0n) is 12.6. The number of likely N-dealkylation sites (tertiary alicyclic amines) is 1. The van der Waals surface area contributed by atoms with E-state index >= 15 is 0 Å². The van der Waals surface area contributed by atoms with Crippen LogP contribution in [0.4, 0.5) is 0 Å². The highest BCUT2D eigenvalue weighted by Gasteiger charge is 2.24. The van der Waals surface area contributed by atoms with Gasteiger partial charge in [-0.3, -0.25) is 9.69 Å². The Kier molecular flexibility index (Phi) is 12.9. The highest BCUT2D eigenvalue weighted by Crippen LogP contribution is 2.21. The number of hydrogen-bond donors (Lipinski definition) is 2. The monoisotopic (exact) mass is 329 g/mol. The van der Waals surface area contributed by atoms with Gasteiger partial charge in [-0.25, -0.2) is 0 Å². The number of ether oxygens (including phenoxy) is 1. The van der Waals surface area contributed by atoms with Crippen LogP contribution < -0.4 is 11.1 Å². The number of methoxy groups -OCH3 is 1. The third-order valence-corrected chi connectivity index (χ3v) is 3.73. The molecule has 1 amide bonds. The lowest BCUT2D eigenvalue weighted by molar-refractivity contribution is -0.123. The van der Waals surface area contributed by atoms with Gasteiger partial charge in [0.15, 0.2) is 0 Å². The van der Waals surface area contributed by atoms with Gasteiger partial charge in [0.2, 0.25) is 5.91 Å². The lowest BCUT2D eigenvalue weighted by Crippen LogP contribution is -2.49. The first-order valence-electron chi connectivity index (χ1n) is 6.84. The van der Waals surface area contributed by atoms with Crippen molar-refractivity contribution < 1.29 is 9.53 Å². The minimum atomic E-state index is -0.564. The molecule has 1 fully saturated rings. The smallest absolute Gasteiger partial charge is 0.239 e. The second-order valence-electron chi connectivity index (χ2n) is 5.22. The summed E-state index contributed by atoms with van der Waals surface area (Å²) in [7, 11) is 1.55. The standard InChI is InChI=1S/C13H27N3O2.2ClH/c1-10-5-4-6-11(2)16(10)8-7-15-13(17)12(14)9-18-3;;/h10-12H,4-9,14H2,1-3H3,(H,15,17);2*1H. The van der Waals surface area contributed by atoms with Crippen LogP contribution in [0.3, 0.4) is 0 Å². The van der Waals surface area contributed by atoms with Crippen LogP contribution in [0, 0.1) is 0 Å². The van der Waals surface area contributed by atoms with Gasteiger partial charge in [-0.1, -0.05) is 6.42 Å². The van der Waals surface area contributed by atoms with Crippen molar-refractivity contribution in [3.8, 4) is 0 Å². The molecule has 1 heterocycles. The zero-order chi connectivity index (χ0) is 13.5. The van der Waals surface area contributed by atoms with Gasteiger partial charge < -0.3 is 15.8 Å². The first-order valence-corrected chi connectivity index (χ1v) is 6.84. The number of halogens is 2. The molecule has 3 atom stereocenters. The molecule has 0 bridgehead atoms. The molecule has 122 valence electrons. The minimum absolute atomic E-state index is 0. The van der Waals surface area contributed by atoms with Crippen molar-refractivity contribution in [1.29, 1.82) is 0 Å². The van der Waals surface area contributed by atoms with Gasteiger partial charge in [0, 0.05) is 32.3 Å². The van der Waals surface area contributed by atoms with E-state index < -0.39 is 6.04 Å². The van der Waals surface area contributed by atoms with Crippen LogP contribution in [0.25, 0.3) is 0 Å². The number of carbonyl (C=O) groups is 1. The Morgan fingerprint density at radius 3 is 2.40 bits per heavy atom. The largest absolute Gasteiger partial charge is 0.383 e. The lowest BCUT2D eigenvalue weighted by Gasteiger charge is -2.39. The molecule has 1 rings (SSSR count). The van der Waals surface area contributed by atoms with Crippen molar-refractivity contribution >= 4 is 30.7 Å². The average Bonchev–Trinajstić information content (AvgIpc) is 2.33. The van der Waals surface area contributed by atoms with Gasteiger partial charge in [-0.05, 0) is 26.7 Å². The summed E-state index contributed by atoms with van der Waals surface area (Å²) in [6, 6.07) is 0.655. The number of nitrogens with zero attached hydrogens (tertiary/aromatic N) is 1. The molecular formula is C13H29Cl2N3O2. The Hall–Kier alpha value is -0.0700. The second kappa shape index (κ2) is 11.6. The van der Waals surface area contributed by atoms with Crippen molar-refractivity contribution in [3.05, 3.63) is 0 Å². The Balaban J connectivity index is 0. The van der Waals surface area contributed by atoms with Crippen LogP contribution in [0.2, 0.25) is 0 Å². The van der Waals surface area contributed by atoms with Gasteiger partial charge in [-0.2, -0.15) is 0 Å². The molecule has 1 aliphatic heterocycles. The summed E-state index contributed by atoms with van der Waals surface area (Å²) in [6.07, 6.45) is 3.81. The van der Waals surface area contributed by atoms with E-state index in [0.29, 0.717) is 18.6 Å². The first-order chi connectivity index (χ1) is 8.56. The molecule has 1 saturated heterocycles. The molecular weight excluding hydrogens is 301 g/mol. The van der Waals surface area contributed by atoms with E-state index in [1.165, 1.54) is 19.3 Å². The van der Waals surface area contributed by atoms with E-state index in [-0.39, 0.29) is 37.3 Å². The van der Waals surface area contributed by atoms with E-state index in [1.807, 2.05) is 0 Å². The lowest BCUT2D eigenvalue weighted by atomic mass is 9.98. The highest BCUT2D eigenvalue weighted by atomic mass is 35.5. The fraction of sp³-hybridized carbons (Fsp3) is 0.923. The summed E-state index contributed by atoms with van der Waals surface area (Å²) in [5.74, 6) is -0.130. The average molecular weight is 330 g/mol. The molecule has 3 unspecified atom stereocenters. The number of piperidine rings is 1. The maximum atomic E-state index is 11.6. The molecule has 5 nitrogen and oxygen atoms in total. The fourth-order valence-electron chi connectivity index (χ4n) is 2.61. The van der Waals surface area contributed by atoms with Gasteiger partial charge in [0.1, 0.15) is 6.04 Å². The van der Waals surface area contributed by atoms with Crippen molar-refractivity contribution in [2.45, 2.75) is 51.2 Å². The van der Waals surface area contributed by atoms with Crippen LogP contribution in [-0.2, 0) is 9.53 Å². The van der Waals surface area contributed by atoms with E-state index in [0.717, 1.165) is 6.54 Å². The minimum Gasteiger partial charge on any atom is -0.383 e. The third-order valence-electron chi connectivity index (χ3n) is 3.73. The summed E-state index contributed by atoms with van der Waals surface area (Å²) in [6.45, 7) is 6.34. The van der Waals surface area contributed by atoms with Crippen LogP contribution in [0.15, 0.2) is 0 Å². The Morgan fingerprint density at radius 2 is 1.90 bits per heavy atom. The molecule has 20 heavy (non-hydrogen) atoms. The van der Waals surface area contributed by atoms with E-state index in [4.69, 9.17) is 10.5 Å². The topological polar surface area (TPSA) is 67.6 Å². The molecule has 7 heteroatoms. The predicted molar refractivity (Wildman–Crippen MR) is 86.8 cm³/mol. The van der Waals surface area contributed by atoms with E-state index in [9.17, 15) is 4.79 Å². The number of hydrogen-bond acceptors (Lipinski definition) is 4. The van der Waals surface area contributed by atoms with Crippen LogP contribution in [-0.4, -0.2) is 55.7 Å². The van der Waals surface area contributed by atoms with Gasteiger partial charge in [-0.15, -0.1) is 24.8 Å². The maximum absolute atomic E-state index is 11.6. The number of nitrogens with one attached hydrogen (secondary N) is 1. The highest BCUT2D eigenvalue weighted by molar-refractivity contribution is 5.85. The fourth-order valence-corrected chi connectivity index (χ4v) is 2.61. The molecule has 0 radical (unpaired) electrons. The molecule has 0 saturated carbocycles. The number of nitrogens with two attached hydrogens (primary N) is 1. The van der Waals surface area contributed by atoms with Gasteiger partial charge in [0.05, 0.1) is 6.61 Å². The van der Waals surface area contributed by atoms with Crippen molar-refractivity contribution in [1.82, 2.24) is 10.2 Å². The maximum Gasteiger partial charge on any atom is 0.239 e. The summed E-state index contributed by atoms with van der Waals surface area (Å²) in [5.41, 5.74) is 5.65. The molecule has 1 aliphatic rings. The summed E-state index contributed by atoms with van der Waals surface area (Å²) in [5, 5.41) is 2.87. The number of amides is 1. The number of carbonyl (C=O) groups excluding carboxylic acids is 1. The molecule has 0 aromatic carbocycles. The Labute approximate surface area is 134 Å². The van der Waals surface area contributed by atoms with Crippen molar-refractivity contribution in [3.63, 3.8) is 0 Å². The number of rotatable bonds is 6. The Morgan fingerprint density at radius 1 is 1.35 bits per heavy atom. The molecule has 0 spiro atoms. The third kappa shape index (κ3) is 7.09. The molecule has 0 aromatic heterocycles. The molecule has 0 aromatic rings. The van der Waals surface area contributed by atoms with Crippen molar-refractivity contribution in [2.75, 3.05) is 26.8 Å². The SMILES string of the molecule is COCC(N)C(=O)NCCN1C(C)CCCC1C.Cl.Cl. The second-order valence-corrected chi connectivity index (χ2v) is 5.22. The van der Waals surface area contributed by atoms with Gasteiger partial charge in [0.25, 0.3) is 0 Å². The normalized spacial score (nSPS) is 24.2. The summed E-state index contributed by atoms with van der Waals surface area (Å²) in [4.78, 5) is 14.1. The van der Waals surface area contributed by atoms with Crippen LogP contribution in [0.5, 0.6) is 0 Å². The molecule has 0 aliphatic carbocycles. The van der Waals surface area contributed by atoms with Crippen LogP contribution in [0.1, 0.15) is 33.1 Å². The molecule has 3 N–H and O–H groups in total. The quantitative estimate of drug-likeness (QED) is 0.768. The van der Waals surface area contributed by atoms with Crippen molar-refractivity contribution in [2.24, 2.45) is 5.73 Å². The van der Waals surface area contributed by atoms with E-state index in [1.54, 1.807) is 7.11 Å². The van der Waals surface area contributed by atoms with Crippen LogP contribution >= 0.6 is 24.8 Å².